The molecule has 2 N–H and O–H groups in total. The van der Waals surface area contributed by atoms with Gasteiger partial charge in [0, 0.05) is 23.2 Å². The summed E-state index contributed by atoms with van der Waals surface area (Å²) in [6.45, 7) is 8.01. The van der Waals surface area contributed by atoms with Crippen molar-refractivity contribution >= 4 is 63.3 Å². The Labute approximate surface area is 287 Å². The number of hydrazone groups is 1. The second kappa shape index (κ2) is 17.1. The quantitative estimate of drug-likeness (QED) is 0.0488. The molecule has 0 aromatic heterocycles. The molecular formula is C36H34BrClN4O5. The lowest BCUT2D eigenvalue weighted by atomic mass is 10.1. The molecule has 0 bridgehead atoms. The molecule has 0 radical (unpaired) electrons. The molecule has 4 rings (SSSR count). The summed E-state index contributed by atoms with van der Waals surface area (Å²) in [5.41, 5.74) is 5.35. The van der Waals surface area contributed by atoms with Crippen LogP contribution in [-0.4, -0.2) is 43.7 Å². The fraction of sp³-hybridized carbons (Fsp3) is 0.167. The molecule has 0 aliphatic heterocycles. The monoisotopic (exact) mass is 716 g/mol. The zero-order valence-electron chi connectivity index (χ0n) is 26.1. The van der Waals surface area contributed by atoms with Crippen LogP contribution in [0, 0.1) is 0 Å². The third kappa shape index (κ3) is 9.78. The van der Waals surface area contributed by atoms with E-state index in [1.807, 2.05) is 31.2 Å². The van der Waals surface area contributed by atoms with E-state index >= 15 is 0 Å². The number of nitrogens with one attached hydrogen (secondary N) is 2. The van der Waals surface area contributed by atoms with E-state index in [1.165, 1.54) is 6.21 Å². The van der Waals surface area contributed by atoms with Gasteiger partial charge in [-0.1, -0.05) is 51.8 Å². The number of hydrogen-bond acceptors (Lipinski definition) is 7. The van der Waals surface area contributed by atoms with Crippen molar-refractivity contribution in [3.8, 4) is 11.5 Å². The van der Waals surface area contributed by atoms with Crippen LogP contribution in [0.25, 0.3) is 6.08 Å². The van der Waals surface area contributed by atoms with E-state index in [4.69, 9.17) is 21.1 Å². The molecule has 0 heterocycles. The van der Waals surface area contributed by atoms with Gasteiger partial charge in [-0.3, -0.25) is 9.59 Å². The van der Waals surface area contributed by atoms with Gasteiger partial charge in [0.2, 0.25) is 0 Å². The first-order valence-electron chi connectivity index (χ1n) is 14.9. The molecule has 242 valence electrons. The maximum absolute atomic E-state index is 13.3. The molecule has 2 amide bonds. The highest BCUT2D eigenvalue weighted by molar-refractivity contribution is 9.10. The van der Waals surface area contributed by atoms with Gasteiger partial charge in [-0.2, -0.15) is 5.10 Å². The molecule has 0 saturated heterocycles. The lowest BCUT2D eigenvalue weighted by molar-refractivity contribution is -0.117. The van der Waals surface area contributed by atoms with E-state index in [0.717, 1.165) is 23.2 Å². The number of nitrogens with zero attached hydrogens (tertiary/aromatic N) is 2. The van der Waals surface area contributed by atoms with Crippen LogP contribution in [0.1, 0.15) is 52.6 Å². The summed E-state index contributed by atoms with van der Waals surface area (Å²) >= 11 is 9.58. The molecule has 0 aliphatic rings. The predicted octanol–water partition coefficient (Wildman–Crippen LogP) is 7.49. The van der Waals surface area contributed by atoms with Crippen LogP contribution in [0.3, 0.4) is 0 Å². The van der Waals surface area contributed by atoms with Crippen LogP contribution >= 0.6 is 27.5 Å². The minimum atomic E-state index is -0.653. The summed E-state index contributed by atoms with van der Waals surface area (Å²) in [7, 11) is 0. The van der Waals surface area contributed by atoms with Gasteiger partial charge in [0.1, 0.15) is 5.70 Å². The average Bonchev–Trinajstić information content (AvgIpc) is 3.07. The average molecular weight is 718 g/mol. The maximum Gasteiger partial charge on any atom is 0.343 e. The number of hydrogen-bond donors (Lipinski definition) is 2. The van der Waals surface area contributed by atoms with Crippen LogP contribution < -0.4 is 25.1 Å². The first-order valence-corrected chi connectivity index (χ1v) is 16.1. The first kappa shape index (κ1) is 34.9. The van der Waals surface area contributed by atoms with Crippen molar-refractivity contribution in [1.82, 2.24) is 10.7 Å². The molecule has 47 heavy (non-hydrogen) atoms. The van der Waals surface area contributed by atoms with E-state index < -0.39 is 17.8 Å². The van der Waals surface area contributed by atoms with Crippen molar-refractivity contribution in [3.05, 3.63) is 128 Å². The van der Waals surface area contributed by atoms with Gasteiger partial charge < -0.3 is 19.7 Å². The maximum atomic E-state index is 13.3. The Bertz CT molecular complexity index is 1770. The normalized spacial score (nSPS) is 11.2. The summed E-state index contributed by atoms with van der Waals surface area (Å²) in [6, 6.07) is 25.9. The largest absolute Gasteiger partial charge is 0.490 e. The zero-order chi connectivity index (χ0) is 33.8. The molecule has 0 unspecified atom stereocenters. The van der Waals surface area contributed by atoms with Crippen molar-refractivity contribution in [1.29, 1.82) is 0 Å². The Hall–Kier alpha value is -4.93. The molecule has 0 atom stereocenters. The van der Waals surface area contributed by atoms with Crippen molar-refractivity contribution in [2.75, 3.05) is 24.6 Å². The Morgan fingerprint density at radius 2 is 1.55 bits per heavy atom. The summed E-state index contributed by atoms with van der Waals surface area (Å²) in [6.07, 6.45) is 2.97. The number of anilines is 1. The number of benzene rings is 4. The molecule has 4 aromatic carbocycles. The SMILES string of the molecule is CCOc1cc(C=NNC(=O)C(=Cc2ccc(N(CC)CC)cc2)NC(=O)c2ccccc2Cl)ccc1OC(=O)c1ccc(Br)cc1. The van der Waals surface area contributed by atoms with Crippen molar-refractivity contribution in [2.45, 2.75) is 20.8 Å². The lowest BCUT2D eigenvalue weighted by Gasteiger charge is -2.21. The number of carbonyl (C=O) groups is 3. The summed E-state index contributed by atoms with van der Waals surface area (Å²) in [5, 5.41) is 7.01. The topological polar surface area (TPSA) is 109 Å². The fourth-order valence-corrected chi connectivity index (χ4v) is 4.94. The van der Waals surface area contributed by atoms with E-state index in [2.05, 4.69) is 50.5 Å². The minimum absolute atomic E-state index is 0.0344. The summed E-state index contributed by atoms with van der Waals surface area (Å²) < 4.78 is 12.1. The number of carbonyl (C=O) groups excluding carboxylic acids is 3. The van der Waals surface area contributed by atoms with Crippen LogP contribution in [0.5, 0.6) is 11.5 Å². The first-order chi connectivity index (χ1) is 22.7. The van der Waals surface area contributed by atoms with Crippen molar-refractivity contribution < 1.29 is 23.9 Å². The third-order valence-corrected chi connectivity index (χ3v) is 7.73. The Kier molecular flexibility index (Phi) is 12.7. The smallest absolute Gasteiger partial charge is 0.343 e. The molecule has 9 nitrogen and oxygen atoms in total. The number of ether oxygens (including phenoxy) is 2. The van der Waals surface area contributed by atoms with E-state index in [0.29, 0.717) is 29.0 Å². The molecule has 0 aliphatic carbocycles. The summed E-state index contributed by atoms with van der Waals surface area (Å²) in [4.78, 5) is 41.3. The molecule has 4 aromatic rings. The summed E-state index contributed by atoms with van der Waals surface area (Å²) in [5.74, 6) is -1.17. The van der Waals surface area contributed by atoms with E-state index in [-0.39, 0.29) is 22.0 Å². The Balaban J connectivity index is 1.53. The molecule has 0 fully saturated rings. The third-order valence-electron chi connectivity index (χ3n) is 6.87. The number of esters is 1. The Morgan fingerprint density at radius 1 is 0.872 bits per heavy atom. The van der Waals surface area contributed by atoms with Crippen LogP contribution in [0.15, 0.2) is 106 Å². The van der Waals surface area contributed by atoms with Gasteiger partial charge in [0.05, 0.1) is 29.0 Å². The van der Waals surface area contributed by atoms with Gasteiger partial charge in [-0.05, 0) is 105 Å². The van der Waals surface area contributed by atoms with Crippen molar-refractivity contribution in [2.24, 2.45) is 5.10 Å². The minimum Gasteiger partial charge on any atom is -0.490 e. The van der Waals surface area contributed by atoms with Crippen LogP contribution in [0.4, 0.5) is 5.69 Å². The van der Waals surface area contributed by atoms with Crippen LogP contribution in [0.2, 0.25) is 5.02 Å². The number of halogens is 2. The highest BCUT2D eigenvalue weighted by Crippen LogP contribution is 2.29. The zero-order valence-corrected chi connectivity index (χ0v) is 28.5. The second-order valence-corrected chi connectivity index (χ2v) is 11.3. The van der Waals surface area contributed by atoms with Gasteiger partial charge in [0.15, 0.2) is 11.5 Å². The molecular weight excluding hydrogens is 684 g/mol. The van der Waals surface area contributed by atoms with Gasteiger partial charge in [-0.15, -0.1) is 0 Å². The molecule has 11 heteroatoms. The lowest BCUT2D eigenvalue weighted by Crippen LogP contribution is -2.33. The highest BCUT2D eigenvalue weighted by Gasteiger charge is 2.17. The molecule has 0 spiro atoms. The van der Waals surface area contributed by atoms with Crippen LogP contribution in [-0.2, 0) is 4.79 Å². The van der Waals surface area contributed by atoms with Gasteiger partial charge in [0.25, 0.3) is 11.8 Å². The predicted molar refractivity (Wildman–Crippen MR) is 189 cm³/mol. The van der Waals surface area contributed by atoms with E-state index in [1.54, 1.807) is 72.8 Å². The van der Waals surface area contributed by atoms with Gasteiger partial charge >= 0.3 is 5.97 Å². The van der Waals surface area contributed by atoms with Gasteiger partial charge in [-0.25, -0.2) is 10.2 Å². The molecule has 0 saturated carbocycles. The number of amides is 2. The number of rotatable bonds is 13. The fourth-order valence-electron chi connectivity index (χ4n) is 4.46. The highest BCUT2D eigenvalue weighted by atomic mass is 79.9. The second-order valence-electron chi connectivity index (χ2n) is 9.99. The van der Waals surface area contributed by atoms with Crippen molar-refractivity contribution in [3.63, 3.8) is 0 Å². The Morgan fingerprint density at radius 3 is 2.21 bits per heavy atom. The van der Waals surface area contributed by atoms with E-state index in [9.17, 15) is 14.4 Å². The standard InChI is InChI=1S/C36H34BrClN4O5/c1-4-42(5-2)28-18-11-24(12-19-28)21-31(40-34(43)29-9-7-8-10-30(29)38)35(44)41-39-23-25-13-20-32(33(22-25)46-6-3)47-36(45)26-14-16-27(37)17-15-26/h7-23H,4-6H2,1-3H3,(H,40,43)(H,41,44).